The second-order valence-corrected chi connectivity index (χ2v) is 5.00. The number of hydrogen-bond acceptors (Lipinski definition) is 2. The van der Waals surface area contributed by atoms with Crippen LogP contribution in [0.5, 0.6) is 11.5 Å². The molecule has 0 spiro atoms. The number of rotatable bonds is 3. The number of benzene rings is 2. The average molecular weight is 328 g/mol. The zero-order valence-corrected chi connectivity index (χ0v) is 11.7. The third-order valence-electron chi connectivity index (χ3n) is 2.58. The molecule has 0 radical (unpaired) electrons. The summed E-state index contributed by atoms with van der Waals surface area (Å²) in [5, 5.41) is 0. The molecule has 0 fully saturated rings. The monoisotopic (exact) mass is 327 g/mol. The minimum Gasteiger partial charge on any atom is -0.454 e. The molecule has 2 nitrogen and oxygen atoms in total. The van der Waals surface area contributed by atoms with Crippen molar-refractivity contribution < 1.29 is 13.5 Å². The molecule has 0 aliphatic carbocycles. The van der Waals surface area contributed by atoms with Gasteiger partial charge in [-0.1, -0.05) is 22.0 Å². The highest BCUT2D eigenvalue weighted by Crippen LogP contribution is 2.30. The van der Waals surface area contributed by atoms with Crippen LogP contribution in [0.15, 0.2) is 40.9 Å². The molecule has 19 heavy (non-hydrogen) atoms. The lowest BCUT2D eigenvalue weighted by Crippen LogP contribution is -2.05. The molecule has 2 N–H and O–H groups in total. The molecule has 2 aromatic rings. The Morgan fingerprint density at radius 1 is 1.16 bits per heavy atom. The molecule has 0 aliphatic rings. The lowest BCUT2D eigenvalue weighted by Gasteiger charge is -2.11. The Morgan fingerprint density at radius 3 is 2.47 bits per heavy atom. The highest BCUT2D eigenvalue weighted by molar-refractivity contribution is 9.10. The number of nitrogens with two attached hydrogens (primary N) is 1. The van der Waals surface area contributed by atoms with Crippen LogP contribution in [0, 0.1) is 11.6 Å². The summed E-state index contributed by atoms with van der Waals surface area (Å²) in [4.78, 5) is 0. The summed E-state index contributed by atoms with van der Waals surface area (Å²) < 4.78 is 32.4. The maximum atomic E-state index is 13.4. The van der Waals surface area contributed by atoms with Crippen LogP contribution < -0.4 is 10.5 Å². The van der Waals surface area contributed by atoms with Crippen LogP contribution in [-0.2, 0) is 0 Å². The second-order valence-electron chi connectivity index (χ2n) is 4.15. The summed E-state index contributed by atoms with van der Waals surface area (Å²) in [7, 11) is 0. The Balaban J connectivity index is 2.26. The molecular formula is C14H12BrF2NO. The third-order valence-corrected chi connectivity index (χ3v) is 3.27. The Bertz CT molecular complexity index is 602. The van der Waals surface area contributed by atoms with Gasteiger partial charge in [0.2, 0.25) is 0 Å². The predicted molar refractivity (Wildman–Crippen MR) is 73.2 cm³/mol. The van der Waals surface area contributed by atoms with Crippen LogP contribution in [0.4, 0.5) is 8.78 Å². The maximum absolute atomic E-state index is 13.4. The molecule has 0 saturated heterocycles. The van der Waals surface area contributed by atoms with Gasteiger partial charge >= 0.3 is 0 Å². The van der Waals surface area contributed by atoms with E-state index in [0.717, 1.165) is 22.2 Å². The average Bonchev–Trinajstić information content (AvgIpc) is 2.32. The van der Waals surface area contributed by atoms with Crippen molar-refractivity contribution in [3.8, 4) is 11.5 Å². The van der Waals surface area contributed by atoms with E-state index >= 15 is 0 Å². The van der Waals surface area contributed by atoms with Gasteiger partial charge in [0.1, 0.15) is 11.6 Å². The van der Waals surface area contributed by atoms with E-state index in [2.05, 4.69) is 15.9 Å². The van der Waals surface area contributed by atoms with Crippen LogP contribution in [0.3, 0.4) is 0 Å². The highest BCUT2D eigenvalue weighted by Gasteiger charge is 2.09. The van der Waals surface area contributed by atoms with Crippen molar-refractivity contribution in [3.05, 3.63) is 58.1 Å². The van der Waals surface area contributed by atoms with Gasteiger partial charge in [-0.3, -0.25) is 0 Å². The van der Waals surface area contributed by atoms with Gasteiger partial charge in [0, 0.05) is 16.6 Å². The molecule has 0 bridgehead atoms. The van der Waals surface area contributed by atoms with Crippen LogP contribution in [0.1, 0.15) is 18.5 Å². The van der Waals surface area contributed by atoms with E-state index in [1.54, 1.807) is 18.2 Å². The smallest absolute Gasteiger partial charge is 0.168 e. The molecule has 100 valence electrons. The number of ether oxygens (including phenoxy) is 1. The molecule has 2 rings (SSSR count). The van der Waals surface area contributed by atoms with Gasteiger partial charge < -0.3 is 10.5 Å². The molecule has 5 heteroatoms. The van der Waals surface area contributed by atoms with Gasteiger partial charge in [-0.2, -0.15) is 0 Å². The van der Waals surface area contributed by atoms with Gasteiger partial charge in [0.25, 0.3) is 0 Å². The van der Waals surface area contributed by atoms with Gasteiger partial charge in [0.05, 0.1) is 0 Å². The Hall–Kier alpha value is -1.46. The SMILES string of the molecule is C[C@H](N)c1ccc(Oc2ccc(F)cc2F)cc1Br. The Morgan fingerprint density at radius 2 is 1.89 bits per heavy atom. The van der Waals surface area contributed by atoms with Crippen LogP contribution in [-0.4, -0.2) is 0 Å². The van der Waals surface area contributed by atoms with Gasteiger partial charge in [-0.25, -0.2) is 8.78 Å². The summed E-state index contributed by atoms with van der Waals surface area (Å²) in [6, 6.07) is 8.23. The summed E-state index contributed by atoms with van der Waals surface area (Å²) in [6.45, 7) is 1.86. The molecule has 0 heterocycles. The van der Waals surface area contributed by atoms with Crippen molar-refractivity contribution in [3.63, 3.8) is 0 Å². The predicted octanol–water partition coefficient (Wildman–Crippen LogP) is 4.54. The maximum Gasteiger partial charge on any atom is 0.168 e. The second kappa shape index (κ2) is 5.67. The topological polar surface area (TPSA) is 35.2 Å². The van der Waals surface area contributed by atoms with Crippen LogP contribution in [0.2, 0.25) is 0 Å². The summed E-state index contributed by atoms with van der Waals surface area (Å²) in [5.74, 6) is -0.964. The molecule has 1 atom stereocenters. The van der Waals surface area contributed by atoms with Crippen LogP contribution >= 0.6 is 15.9 Å². The first-order valence-electron chi connectivity index (χ1n) is 5.65. The lowest BCUT2D eigenvalue weighted by molar-refractivity contribution is 0.437. The normalized spacial score (nSPS) is 12.3. The Kier molecular flexibility index (Phi) is 4.17. The van der Waals surface area contributed by atoms with Crippen molar-refractivity contribution in [1.29, 1.82) is 0 Å². The first-order chi connectivity index (χ1) is 8.97. The summed E-state index contributed by atoms with van der Waals surface area (Å²) in [5.41, 5.74) is 6.71. The van der Waals surface area contributed by atoms with E-state index in [1.807, 2.05) is 6.92 Å². The fourth-order valence-corrected chi connectivity index (χ4v) is 2.34. The molecule has 0 aliphatic heterocycles. The quantitative estimate of drug-likeness (QED) is 0.898. The van der Waals surface area contributed by atoms with Crippen molar-refractivity contribution in [2.45, 2.75) is 13.0 Å². The van der Waals surface area contributed by atoms with Gasteiger partial charge in [-0.15, -0.1) is 0 Å². The summed E-state index contributed by atoms with van der Waals surface area (Å²) >= 11 is 3.38. The number of hydrogen-bond donors (Lipinski definition) is 1. The first kappa shape index (κ1) is 14.0. The van der Waals surface area contributed by atoms with Crippen molar-refractivity contribution in [2.24, 2.45) is 5.73 Å². The molecule has 2 aromatic carbocycles. The third kappa shape index (κ3) is 3.30. The van der Waals surface area contributed by atoms with Crippen molar-refractivity contribution >= 4 is 15.9 Å². The first-order valence-corrected chi connectivity index (χ1v) is 6.44. The van der Waals surface area contributed by atoms with E-state index in [0.29, 0.717) is 5.75 Å². The fourth-order valence-electron chi connectivity index (χ4n) is 1.63. The molecule has 0 unspecified atom stereocenters. The standard InChI is InChI=1S/C14H12BrF2NO/c1-8(18)11-4-3-10(7-12(11)15)19-14-5-2-9(16)6-13(14)17/h2-8H,18H2,1H3/t8-/m0/s1. The van der Waals surface area contributed by atoms with E-state index in [4.69, 9.17) is 10.5 Å². The van der Waals surface area contributed by atoms with Gasteiger partial charge in [-0.05, 0) is 36.8 Å². The zero-order chi connectivity index (χ0) is 14.0. The van der Waals surface area contributed by atoms with Crippen LogP contribution in [0.25, 0.3) is 0 Å². The minimum absolute atomic E-state index is 0.0261. The molecular weight excluding hydrogens is 316 g/mol. The van der Waals surface area contributed by atoms with Crippen molar-refractivity contribution in [2.75, 3.05) is 0 Å². The lowest BCUT2D eigenvalue weighted by atomic mass is 10.1. The fraction of sp³-hybridized carbons (Fsp3) is 0.143. The Labute approximate surface area is 118 Å². The number of halogens is 3. The highest BCUT2D eigenvalue weighted by atomic mass is 79.9. The van der Waals surface area contributed by atoms with E-state index in [-0.39, 0.29) is 11.8 Å². The summed E-state index contributed by atoms with van der Waals surface area (Å²) in [6.07, 6.45) is 0. The van der Waals surface area contributed by atoms with Gasteiger partial charge in [0.15, 0.2) is 11.6 Å². The van der Waals surface area contributed by atoms with Crippen molar-refractivity contribution in [1.82, 2.24) is 0 Å². The van der Waals surface area contributed by atoms with E-state index < -0.39 is 11.6 Å². The molecule has 0 saturated carbocycles. The zero-order valence-electron chi connectivity index (χ0n) is 10.2. The minimum atomic E-state index is -0.743. The largest absolute Gasteiger partial charge is 0.454 e. The van der Waals surface area contributed by atoms with E-state index in [9.17, 15) is 8.78 Å². The van der Waals surface area contributed by atoms with E-state index in [1.165, 1.54) is 6.07 Å². The molecule has 0 aromatic heterocycles. The molecule has 0 amide bonds.